The number of benzene rings is 1. The molecule has 4 amide bonds. The van der Waals surface area contributed by atoms with Crippen molar-refractivity contribution in [2.75, 3.05) is 44.2 Å². The number of anilines is 1. The maximum atomic E-state index is 13.4. The van der Waals surface area contributed by atoms with E-state index in [9.17, 15) is 19.2 Å². The van der Waals surface area contributed by atoms with Crippen LogP contribution in [0.1, 0.15) is 45.6 Å². The quantitative estimate of drug-likeness (QED) is 0.614. The van der Waals surface area contributed by atoms with Gasteiger partial charge in [-0.3, -0.25) is 19.7 Å². The number of likely N-dealkylation sites (tertiary alicyclic amines) is 1. The lowest BCUT2D eigenvalue weighted by molar-refractivity contribution is -0.137. The topological polar surface area (TPSA) is 99.3 Å². The summed E-state index contributed by atoms with van der Waals surface area (Å²) in [5, 5.41) is 1.93. The second-order valence-corrected chi connectivity index (χ2v) is 11.4. The van der Waals surface area contributed by atoms with E-state index >= 15 is 0 Å². The summed E-state index contributed by atoms with van der Waals surface area (Å²) < 4.78 is 5.51. The van der Waals surface area contributed by atoms with Gasteiger partial charge in [0.25, 0.3) is 11.1 Å². The highest BCUT2D eigenvalue weighted by Gasteiger charge is 2.34. The molecule has 0 aromatic heterocycles. The number of nitrogens with zero attached hydrogens (tertiary/aromatic N) is 3. The Morgan fingerprint density at radius 3 is 2.50 bits per heavy atom. The van der Waals surface area contributed by atoms with Crippen LogP contribution in [-0.4, -0.2) is 77.8 Å². The Morgan fingerprint density at radius 2 is 1.78 bits per heavy atom. The van der Waals surface area contributed by atoms with Crippen LogP contribution in [0.4, 0.5) is 15.3 Å². The molecule has 1 aromatic carbocycles. The van der Waals surface area contributed by atoms with Crippen molar-refractivity contribution in [2.24, 2.45) is 5.92 Å². The zero-order valence-electron chi connectivity index (χ0n) is 21.1. The van der Waals surface area contributed by atoms with Gasteiger partial charge in [-0.15, -0.1) is 0 Å². The van der Waals surface area contributed by atoms with Crippen molar-refractivity contribution in [3.8, 4) is 0 Å². The molecule has 0 radical (unpaired) electrons. The minimum Gasteiger partial charge on any atom is -0.444 e. The molecule has 194 valence electrons. The Balaban J connectivity index is 1.40. The number of amides is 4. The number of hydrogen-bond donors (Lipinski definition) is 1. The molecule has 0 saturated carbocycles. The molecule has 9 nitrogen and oxygen atoms in total. The first-order valence-electron chi connectivity index (χ1n) is 12.5. The summed E-state index contributed by atoms with van der Waals surface area (Å²) in [4.78, 5) is 55.7. The van der Waals surface area contributed by atoms with Crippen LogP contribution in [0.5, 0.6) is 0 Å². The highest BCUT2D eigenvalue weighted by molar-refractivity contribution is 8.18. The van der Waals surface area contributed by atoms with Crippen LogP contribution >= 0.6 is 11.8 Å². The summed E-state index contributed by atoms with van der Waals surface area (Å²) in [5.41, 5.74) is 1.27. The standard InChI is InChI=1S/C26H34N4O5S/c1-26(2,3)35-25(34)30-11-6-9-19(17-30)23(32)29-13-7-12-28(14-15-29)20-10-5-4-8-18(20)16-21-22(31)27-24(33)36-21/h4-5,8,10,16,19H,6-7,9,11-15,17H2,1-3H3,(H,27,31,33)/b21-16-. The predicted molar refractivity (Wildman–Crippen MR) is 139 cm³/mol. The van der Waals surface area contributed by atoms with Gasteiger partial charge in [-0.2, -0.15) is 0 Å². The second kappa shape index (κ2) is 10.9. The largest absolute Gasteiger partial charge is 0.444 e. The van der Waals surface area contributed by atoms with Gasteiger partial charge in [-0.05, 0) is 69.5 Å². The third-order valence-corrected chi connectivity index (χ3v) is 7.25. The van der Waals surface area contributed by atoms with E-state index < -0.39 is 5.60 Å². The minimum atomic E-state index is -0.565. The van der Waals surface area contributed by atoms with Gasteiger partial charge in [0.15, 0.2) is 0 Å². The number of imide groups is 1. The zero-order valence-corrected chi connectivity index (χ0v) is 21.9. The molecule has 3 saturated heterocycles. The number of para-hydroxylation sites is 1. The lowest BCUT2D eigenvalue weighted by Gasteiger charge is -2.35. The number of thioether (sulfide) groups is 1. The van der Waals surface area contributed by atoms with Crippen LogP contribution < -0.4 is 10.2 Å². The molecule has 1 aromatic rings. The smallest absolute Gasteiger partial charge is 0.410 e. The van der Waals surface area contributed by atoms with Gasteiger partial charge in [-0.1, -0.05) is 18.2 Å². The van der Waals surface area contributed by atoms with Crippen LogP contribution in [0.25, 0.3) is 6.08 Å². The van der Waals surface area contributed by atoms with Gasteiger partial charge in [0.2, 0.25) is 5.91 Å². The van der Waals surface area contributed by atoms with Gasteiger partial charge >= 0.3 is 6.09 Å². The minimum absolute atomic E-state index is 0.0954. The first-order chi connectivity index (χ1) is 17.1. The van der Waals surface area contributed by atoms with E-state index in [-0.39, 0.29) is 29.1 Å². The monoisotopic (exact) mass is 514 g/mol. The average Bonchev–Trinajstić information content (AvgIpc) is 3.00. The third kappa shape index (κ3) is 6.40. The van der Waals surface area contributed by atoms with E-state index in [1.54, 1.807) is 11.0 Å². The SMILES string of the molecule is CC(C)(C)OC(=O)N1CCCC(C(=O)N2CCCN(c3ccccc3/C=C3\SC(=O)NC3=O)CC2)C1. The van der Waals surface area contributed by atoms with Crippen molar-refractivity contribution in [1.29, 1.82) is 0 Å². The summed E-state index contributed by atoms with van der Waals surface area (Å²) in [6.45, 7) is 9.21. The molecular weight excluding hydrogens is 480 g/mol. The summed E-state index contributed by atoms with van der Waals surface area (Å²) in [6.07, 6.45) is 3.76. The summed E-state index contributed by atoms with van der Waals surface area (Å²) in [6, 6.07) is 7.79. The maximum Gasteiger partial charge on any atom is 0.410 e. The van der Waals surface area contributed by atoms with Crippen molar-refractivity contribution in [3.05, 3.63) is 34.7 Å². The highest BCUT2D eigenvalue weighted by Crippen LogP contribution is 2.30. The van der Waals surface area contributed by atoms with Crippen molar-refractivity contribution in [2.45, 2.75) is 45.6 Å². The van der Waals surface area contributed by atoms with Crippen molar-refractivity contribution in [1.82, 2.24) is 15.1 Å². The van der Waals surface area contributed by atoms with Crippen LogP contribution in [0.2, 0.25) is 0 Å². The normalized spacial score (nSPS) is 22.5. The number of piperidine rings is 1. The molecule has 0 bridgehead atoms. The van der Waals surface area contributed by atoms with Crippen LogP contribution in [-0.2, 0) is 14.3 Å². The lowest BCUT2D eigenvalue weighted by atomic mass is 9.96. The van der Waals surface area contributed by atoms with Crippen LogP contribution in [0, 0.1) is 5.92 Å². The maximum absolute atomic E-state index is 13.4. The molecule has 3 aliphatic heterocycles. The fraction of sp³-hybridized carbons (Fsp3) is 0.538. The number of carbonyl (C=O) groups excluding carboxylic acids is 4. The molecule has 0 spiro atoms. The van der Waals surface area contributed by atoms with E-state index in [0.29, 0.717) is 37.6 Å². The van der Waals surface area contributed by atoms with Gasteiger partial charge in [0, 0.05) is 45.0 Å². The Hall–Kier alpha value is -3.01. The van der Waals surface area contributed by atoms with Gasteiger partial charge in [0.05, 0.1) is 10.8 Å². The van der Waals surface area contributed by atoms with Crippen LogP contribution in [0.15, 0.2) is 29.2 Å². The molecule has 0 aliphatic carbocycles. The van der Waals surface area contributed by atoms with Gasteiger partial charge in [-0.25, -0.2) is 4.79 Å². The molecule has 3 fully saturated rings. The zero-order chi connectivity index (χ0) is 25.9. The molecule has 1 N–H and O–H groups in total. The molecule has 3 heterocycles. The third-order valence-electron chi connectivity index (χ3n) is 6.44. The fourth-order valence-corrected chi connectivity index (χ4v) is 5.44. The van der Waals surface area contributed by atoms with E-state index in [0.717, 1.165) is 48.8 Å². The van der Waals surface area contributed by atoms with Gasteiger partial charge in [0.1, 0.15) is 5.60 Å². The van der Waals surface area contributed by atoms with Crippen molar-refractivity contribution in [3.63, 3.8) is 0 Å². The van der Waals surface area contributed by atoms with E-state index in [1.807, 2.05) is 49.9 Å². The summed E-state index contributed by atoms with van der Waals surface area (Å²) in [5.74, 6) is -0.497. The lowest BCUT2D eigenvalue weighted by Crippen LogP contribution is -2.48. The second-order valence-electron chi connectivity index (χ2n) is 10.3. The first kappa shape index (κ1) is 26.1. The summed E-state index contributed by atoms with van der Waals surface area (Å²) >= 11 is 0.906. The van der Waals surface area contributed by atoms with Crippen LogP contribution in [0.3, 0.4) is 0 Å². The highest BCUT2D eigenvalue weighted by atomic mass is 32.2. The molecule has 1 atom stereocenters. The average molecular weight is 515 g/mol. The predicted octanol–water partition coefficient (Wildman–Crippen LogP) is 3.70. The number of nitrogens with one attached hydrogen (secondary N) is 1. The molecule has 3 aliphatic rings. The number of hydrogen-bond acceptors (Lipinski definition) is 7. The Kier molecular flexibility index (Phi) is 7.92. The number of ether oxygens (including phenoxy) is 1. The van der Waals surface area contributed by atoms with Gasteiger partial charge < -0.3 is 19.4 Å². The molecule has 36 heavy (non-hydrogen) atoms. The first-order valence-corrected chi connectivity index (χ1v) is 13.3. The summed E-state index contributed by atoms with van der Waals surface area (Å²) in [7, 11) is 0. The molecule has 4 rings (SSSR count). The Bertz CT molecular complexity index is 1070. The fourth-order valence-electron chi connectivity index (χ4n) is 4.77. The Labute approximate surface area is 216 Å². The molecule has 10 heteroatoms. The van der Waals surface area contributed by atoms with Crippen molar-refractivity contribution >= 4 is 46.7 Å². The van der Waals surface area contributed by atoms with Crippen molar-refractivity contribution < 1.29 is 23.9 Å². The van der Waals surface area contributed by atoms with E-state index in [1.165, 1.54) is 0 Å². The number of rotatable bonds is 3. The van der Waals surface area contributed by atoms with E-state index in [2.05, 4.69) is 10.2 Å². The molecule has 1 unspecified atom stereocenters. The number of carbonyl (C=O) groups is 4. The molecular formula is C26H34N4O5S. The Morgan fingerprint density at radius 1 is 1.03 bits per heavy atom. The van der Waals surface area contributed by atoms with E-state index in [4.69, 9.17) is 4.74 Å².